The van der Waals surface area contributed by atoms with Crippen molar-refractivity contribution in [2.75, 3.05) is 20.6 Å². The van der Waals surface area contributed by atoms with Gasteiger partial charge >= 0.3 is 5.97 Å². The molecule has 2 aliphatic carbocycles. The Labute approximate surface area is 127 Å². The molecule has 0 bridgehead atoms. The molecule has 5 heteroatoms. The number of likely N-dealkylation sites (N-methyl/N-ethyl adjacent to an activating group) is 1. The quantitative estimate of drug-likeness (QED) is 0.810. The Bertz CT molecular complexity index is 425. The van der Waals surface area contributed by atoms with Crippen LogP contribution < -0.4 is 5.32 Å². The van der Waals surface area contributed by atoms with Crippen molar-refractivity contribution < 1.29 is 14.7 Å². The highest BCUT2D eigenvalue weighted by molar-refractivity contribution is 5.91. The number of aliphatic carboxylic acids is 1. The molecule has 2 fully saturated rings. The fourth-order valence-corrected chi connectivity index (χ4v) is 3.94. The van der Waals surface area contributed by atoms with E-state index in [9.17, 15) is 14.7 Å². The molecule has 0 aliphatic heterocycles. The maximum Gasteiger partial charge on any atom is 0.307 e. The van der Waals surface area contributed by atoms with Crippen molar-refractivity contribution in [1.29, 1.82) is 0 Å². The van der Waals surface area contributed by atoms with Crippen molar-refractivity contribution in [3.05, 3.63) is 0 Å². The first-order valence-corrected chi connectivity index (χ1v) is 7.90. The SMILES string of the molecule is CN(C)C1(CNC(=O)[C@H]2[C@H](C(=O)O)C2(C)C)CCCCC1. The van der Waals surface area contributed by atoms with Crippen LogP contribution in [-0.2, 0) is 9.59 Å². The van der Waals surface area contributed by atoms with Gasteiger partial charge in [0.15, 0.2) is 0 Å². The molecule has 5 nitrogen and oxygen atoms in total. The lowest BCUT2D eigenvalue weighted by atomic mass is 9.80. The Morgan fingerprint density at radius 1 is 1.14 bits per heavy atom. The Hall–Kier alpha value is -1.10. The summed E-state index contributed by atoms with van der Waals surface area (Å²) >= 11 is 0. The second-order valence-corrected chi connectivity index (χ2v) is 7.51. The minimum Gasteiger partial charge on any atom is -0.481 e. The van der Waals surface area contributed by atoms with E-state index in [4.69, 9.17) is 0 Å². The molecule has 0 aromatic carbocycles. The fourth-order valence-electron chi connectivity index (χ4n) is 3.94. The molecular weight excluding hydrogens is 268 g/mol. The Balaban J connectivity index is 1.96. The van der Waals surface area contributed by atoms with Gasteiger partial charge in [0.05, 0.1) is 11.8 Å². The number of carboxylic acid groups (broad SMARTS) is 1. The molecule has 0 spiro atoms. The number of hydrogen-bond donors (Lipinski definition) is 2. The number of nitrogens with one attached hydrogen (secondary N) is 1. The average Bonchev–Trinajstić information content (AvgIpc) is 3.00. The van der Waals surface area contributed by atoms with Crippen molar-refractivity contribution in [2.24, 2.45) is 17.3 Å². The van der Waals surface area contributed by atoms with Gasteiger partial charge in [-0.15, -0.1) is 0 Å². The summed E-state index contributed by atoms with van der Waals surface area (Å²) in [5.74, 6) is -1.89. The zero-order chi connectivity index (χ0) is 15.8. The van der Waals surface area contributed by atoms with Crippen LogP contribution in [0.5, 0.6) is 0 Å². The average molecular weight is 296 g/mol. The number of nitrogens with zero attached hydrogens (tertiary/aromatic N) is 1. The molecule has 2 saturated carbocycles. The second kappa shape index (κ2) is 5.59. The molecule has 0 saturated heterocycles. The predicted octanol–water partition coefficient (Wildman–Crippen LogP) is 1.72. The van der Waals surface area contributed by atoms with Crippen LogP contribution in [-0.4, -0.2) is 48.1 Å². The van der Waals surface area contributed by atoms with Crippen molar-refractivity contribution in [1.82, 2.24) is 10.2 Å². The van der Waals surface area contributed by atoms with Crippen LogP contribution in [0.4, 0.5) is 0 Å². The van der Waals surface area contributed by atoms with Crippen LogP contribution in [0.1, 0.15) is 46.0 Å². The van der Waals surface area contributed by atoms with E-state index < -0.39 is 23.2 Å². The summed E-state index contributed by atoms with van der Waals surface area (Å²) in [6, 6.07) is 0. The first-order chi connectivity index (χ1) is 9.72. The van der Waals surface area contributed by atoms with E-state index in [1.54, 1.807) is 0 Å². The highest BCUT2D eigenvalue weighted by Crippen LogP contribution is 2.58. The summed E-state index contributed by atoms with van der Waals surface area (Å²) in [5.41, 5.74) is -0.389. The van der Waals surface area contributed by atoms with Crippen LogP contribution in [0.15, 0.2) is 0 Å². The molecule has 0 aromatic rings. The zero-order valence-electron chi connectivity index (χ0n) is 13.6. The molecule has 21 heavy (non-hydrogen) atoms. The third-order valence-corrected chi connectivity index (χ3v) is 5.70. The predicted molar refractivity (Wildman–Crippen MR) is 80.9 cm³/mol. The van der Waals surface area contributed by atoms with E-state index in [0.717, 1.165) is 12.8 Å². The third-order valence-electron chi connectivity index (χ3n) is 5.70. The summed E-state index contributed by atoms with van der Waals surface area (Å²) in [7, 11) is 4.14. The molecule has 0 unspecified atom stereocenters. The van der Waals surface area contributed by atoms with Gasteiger partial charge in [-0.05, 0) is 32.4 Å². The molecule has 2 atom stereocenters. The summed E-state index contributed by atoms with van der Waals surface area (Å²) < 4.78 is 0. The number of hydrogen-bond acceptors (Lipinski definition) is 3. The van der Waals surface area contributed by atoms with Crippen molar-refractivity contribution >= 4 is 11.9 Å². The summed E-state index contributed by atoms with van der Waals surface area (Å²) in [6.07, 6.45) is 5.84. The summed E-state index contributed by atoms with van der Waals surface area (Å²) in [5, 5.41) is 12.2. The van der Waals surface area contributed by atoms with Crippen molar-refractivity contribution in [3.8, 4) is 0 Å². The van der Waals surface area contributed by atoms with Gasteiger partial charge in [-0.3, -0.25) is 9.59 Å². The van der Waals surface area contributed by atoms with E-state index in [2.05, 4.69) is 24.3 Å². The van der Waals surface area contributed by atoms with Gasteiger partial charge in [0.25, 0.3) is 0 Å². The highest BCUT2D eigenvalue weighted by Gasteiger charge is 2.65. The Morgan fingerprint density at radius 3 is 2.14 bits per heavy atom. The lowest BCUT2D eigenvalue weighted by molar-refractivity contribution is -0.140. The van der Waals surface area contributed by atoms with Gasteiger partial charge in [0.2, 0.25) is 5.91 Å². The molecule has 2 aliphatic rings. The number of amides is 1. The lowest BCUT2D eigenvalue weighted by Gasteiger charge is -2.43. The van der Waals surface area contributed by atoms with E-state index in [-0.39, 0.29) is 11.4 Å². The largest absolute Gasteiger partial charge is 0.481 e. The van der Waals surface area contributed by atoms with Gasteiger partial charge in [-0.25, -0.2) is 0 Å². The number of rotatable bonds is 5. The Morgan fingerprint density at radius 2 is 1.71 bits per heavy atom. The molecule has 2 N–H and O–H groups in total. The van der Waals surface area contributed by atoms with E-state index in [1.165, 1.54) is 19.3 Å². The number of carbonyl (C=O) groups is 2. The van der Waals surface area contributed by atoms with Crippen LogP contribution in [0.2, 0.25) is 0 Å². The first kappa shape index (κ1) is 16.3. The fraction of sp³-hybridized carbons (Fsp3) is 0.875. The maximum absolute atomic E-state index is 12.4. The van der Waals surface area contributed by atoms with Gasteiger partial charge < -0.3 is 15.3 Å². The van der Waals surface area contributed by atoms with Gasteiger partial charge in [0.1, 0.15) is 0 Å². The van der Waals surface area contributed by atoms with Crippen LogP contribution in [0, 0.1) is 17.3 Å². The maximum atomic E-state index is 12.4. The smallest absolute Gasteiger partial charge is 0.307 e. The zero-order valence-corrected chi connectivity index (χ0v) is 13.6. The Kier molecular flexibility index (Phi) is 4.34. The van der Waals surface area contributed by atoms with Gasteiger partial charge in [-0.2, -0.15) is 0 Å². The van der Waals surface area contributed by atoms with E-state index in [0.29, 0.717) is 6.54 Å². The molecule has 120 valence electrons. The molecule has 0 radical (unpaired) electrons. The third kappa shape index (κ3) is 2.93. The summed E-state index contributed by atoms with van der Waals surface area (Å²) in [6.45, 7) is 4.34. The van der Waals surface area contributed by atoms with Gasteiger partial charge in [-0.1, -0.05) is 33.1 Å². The van der Waals surface area contributed by atoms with Crippen LogP contribution >= 0.6 is 0 Å². The van der Waals surface area contributed by atoms with Crippen molar-refractivity contribution in [2.45, 2.75) is 51.5 Å². The molecule has 1 amide bonds. The highest BCUT2D eigenvalue weighted by atomic mass is 16.4. The molecular formula is C16H28N2O3. The molecule has 0 heterocycles. The summed E-state index contributed by atoms with van der Waals surface area (Å²) in [4.78, 5) is 25.8. The minimum absolute atomic E-state index is 0.0334. The topological polar surface area (TPSA) is 69.6 Å². The number of carboxylic acids is 1. The second-order valence-electron chi connectivity index (χ2n) is 7.51. The molecule has 2 rings (SSSR count). The number of carbonyl (C=O) groups excluding carboxylic acids is 1. The van der Waals surface area contributed by atoms with E-state index in [1.807, 2.05) is 13.8 Å². The monoisotopic (exact) mass is 296 g/mol. The van der Waals surface area contributed by atoms with Crippen LogP contribution in [0.3, 0.4) is 0 Å². The van der Waals surface area contributed by atoms with Crippen LogP contribution in [0.25, 0.3) is 0 Å². The van der Waals surface area contributed by atoms with Gasteiger partial charge in [0, 0.05) is 12.1 Å². The standard InChI is InChI=1S/C16H28N2O3/c1-15(2)11(12(15)14(20)21)13(19)17-10-16(18(3)4)8-6-5-7-9-16/h11-12H,5-10H2,1-4H3,(H,17,19)(H,20,21)/t11-,12-/m1/s1. The van der Waals surface area contributed by atoms with Crippen molar-refractivity contribution in [3.63, 3.8) is 0 Å². The minimum atomic E-state index is -0.861. The van der Waals surface area contributed by atoms with E-state index >= 15 is 0 Å². The first-order valence-electron chi connectivity index (χ1n) is 7.90. The normalized spacial score (nSPS) is 30.0. The lowest BCUT2D eigenvalue weighted by Crippen LogP contribution is -2.54. The molecule has 0 aromatic heterocycles.